The molecule has 3 fully saturated rings. The van der Waals surface area contributed by atoms with Crippen LogP contribution in [0.5, 0.6) is 11.5 Å². The molecule has 6 N–H and O–H groups in total. The molecule has 38 heavy (non-hydrogen) atoms. The van der Waals surface area contributed by atoms with Crippen molar-refractivity contribution >= 4 is 12.0 Å². The summed E-state index contributed by atoms with van der Waals surface area (Å²) in [4.78, 5) is 12.7. The second-order valence-electron chi connectivity index (χ2n) is 9.59. The number of hydrogen-bond donors (Lipinski definition) is 6. The monoisotopic (exact) mass is 538 g/mol. The summed E-state index contributed by atoms with van der Waals surface area (Å²) in [6, 6.07) is 4.57. The third kappa shape index (κ3) is 4.54. The quantitative estimate of drug-likeness (QED) is 0.126. The maximum absolute atomic E-state index is 12.7. The number of aliphatic hydroxyl groups is 5. The molecule has 1 aromatic rings. The van der Waals surface area contributed by atoms with Crippen LogP contribution in [0.1, 0.15) is 5.56 Å². The molecule has 208 valence electrons. The molecule has 0 bridgehead atoms. The molecular formula is C25H30O13. The van der Waals surface area contributed by atoms with Crippen LogP contribution in [0.15, 0.2) is 36.6 Å². The van der Waals surface area contributed by atoms with E-state index in [2.05, 4.69) is 0 Å². The van der Waals surface area contributed by atoms with Crippen LogP contribution in [0, 0.1) is 11.8 Å². The van der Waals surface area contributed by atoms with E-state index in [1.165, 1.54) is 31.6 Å². The Kier molecular flexibility index (Phi) is 7.37. The summed E-state index contributed by atoms with van der Waals surface area (Å²) >= 11 is 0. The standard InChI is InChI=1S/C25H30O13/c1-33-14-8-11(2-4-13(14)28)3-5-16(29)36-21-12-6-7-34-23(17(12)25(10-27)22(21)38-25)37-24-20(32)19(31)18(30)15(9-26)35-24/h2-8,12,15,17-24,26-28,30-32H,9-10H2,1H3/b5-3+/t12-,15-,17-,18-,19+,20-,21+,22+,23+,24+,25-/m0/s1. The number of benzene rings is 1. The molecule has 1 saturated carbocycles. The number of phenolic OH excluding ortho intramolecular Hbond substituents is 1. The summed E-state index contributed by atoms with van der Waals surface area (Å²) in [6.45, 7) is -1.06. The Balaban J connectivity index is 1.29. The van der Waals surface area contributed by atoms with Gasteiger partial charge in [0, 0.05) is 12.0 Å². The van der Waals surface area contributed by atoms with Crippen LogP contribution >= 0.6 is 0 Å². The highest BCUT2D eigenvalue weighted by molar-refractivity contribution is 5.87. The minimum Gasteiger partial charge on any atom is -0.504 e. The number of ether oxygens (including phenoxy) is 6. The lowest BCUT2D eigenvalue weighted by Gasteiger charge is -2.43. The van der Waals surface area contributed by atoms with Crippen LogP contribution in [0.4, 0.5) is 0 Å². The van der Waals surface area contributed by atoms with E-state index in [9.17, 15) is 35.4 Å². The molecule has 0 spiro atoms. The molecule has 3 aliphatic heterocycles. The SMILES string of the molecule is COc1cc(/C=C/C(=O)O[C@@H]2[C@H]3C=CO[C@H](O[C@H]4O[C@@H](CO)[C@H](O)[C@@H](O)[C@@H]4O)[C@H]3[C@]3(CO)O[C@H]23)ccc1O. The molecule has 13 nitrogen and oxygen atoms in total. The highest BCUT2D eigenvalue weighted by Crippen LogP contribution is 2.60. The molecule has 0 unspecified atom stereocenters. The van der Waals surface area contributed by atoms with Crippen molar-refractivity contribution in [3.05, 3.63) is 42.2 Å². The van der Waals surface area contributed by atoms with Gasteiger partial charge >= 0.3 is 5.97 Å². The normalized spacial score (nSPS) is 41.3. The molecule has 0 aromatic heterocycles. The fraction of sp³-hybridized carbons (Fsp3) is 0.560. The zero-order valence-corrected chi connectivity index (χ0v) is 20.3. The van der Waals surface area contributed by atoms with Crippen LogP contribution in [-0.4, -0.2) is 112 Å². The molecule has 0 amide bonds. The van der Waals surface area contributed by atoms with E-state index in [1.807, 2.05) is 0 Å². The predicted octanol–water partition coefficient (Wildman–Crippen LogP) is -1.61. The maximum atomic E-state index is 12.7. The number of methoxy groups -OCH3 is 1. The fourth-order valence-corrected chi connectivity index (χ4v) is 5.42. The van der Waals surface area contributed by atoms with Crippen molar-refractivity contribution in [2.45, 2.75) is 54.8 Å². The molecule has 11 atom stereocenters. The first-order valence-corrected chi connectivity index (χ1v) is 12.1. The van der Waals surface area contributed by atoms with E-state index in [4.69, 9.17) is 28.4 Å². The van der Waals surface area contributed by atoms with Gasteiger partial charge in [0.15, 0.2) is 17.8 Å². The van der Waals surface area contributed by atoms with E-state index in [0.29, 0.717) is 5.56 Å². The Hall–Kier alpha value is -2.75. The number of carbonyl (C=O) groups excluding carboxylic acids is 1. The number of fused-ring (bicyclic) bond motifs is 3. The summed E-state index contributed by atoms with van der Waals surface area (Å²) in [5.41, 5.74) is -0.556. The van der Waals surface area contributed by atoms with E-state index < -0.39 is 85.8 Å². The van der Waals surface area contributed by atoms with E-state index >= 15 is 0 Å². The minimum atomic E-state index is -1.65. The van der Waals surface area contributed by atoms with Gasteiger partial charge in [0.1, 0.15) is 42.2 Å². The molecule has 3 heterocycles. The van der Waals surface area contributed by atoms with Crippen LogP contribution in [0.2, 0.25) is 0 Å². The van der Waals surface area contributed by atoms with E-state index in [1.54, 1.807) is 18.2 Å². The molecule has 13 heteroatoms. The molecule has 2 saturated heterocycles. The third-order valence-corrected chi connectivity index (χ3v) is 7.47. The van der Waals surface area contributed by atoms with Crippen molar-refractivity contribution in [3.63, 3.8) is 0 Å². The van der Waals surface area contributed by atoms with Gasteiger partial charge in [0.25, 0.3) is 0 Å². The summed E-state index contributed by atoms with van der Waals surface area (Å²) in [6.07, 6.45) is -4.38. The first-order chi connectivity index (χ1) is 18.2. The molecule has 1 aromatic carbocycles. The highest BCUT2D eigenvalue weighted by Gasteiger charge is 2.77. The van der Waals surface area contributed by atoms with Crippen molar-refractivity contribution in [1.82, 2.24) is 0 Å². The Bertz CT molecular complexity index is 1090. The zero-order chi connectivity index (χ0) is 27.2. The van der Waals surface area contributed by atoms with Crippen molar-refractivity contribution < 1.29 is 63.9 Å². The smallest absolute Gasteiger partial charge is 0.331 e. The van der Waals surface area contributed by atoms with E-state index in [0.717, 1.165) is 0 Å². The highest BCUT2D eigenvalue weighted by atomic mass is 16.8. The second-order valence-corrected chi connectivity index (χ2v) is 9.59. The molecule has 0 radical (unpaired) electrons. The van der Waals surface area contributed by atoms with Gasteiger partial charge in [-0.15, -0.1) is 0 Å². The average Bonchev–Trinajstić information content (AvgIpc) is 3.60. The molecular weight excluding hydrogens is 508 g/mol. The maximum Gasteiger partial charge on any atom is 0.331 e. The lowest BCUT2D eigenvalue weighted by Crippen LogP contribution is -2.60. The minimum absolute atomic E-state index is 0.0396. The first-order valence-electron chi connectivity index (χ1n) is 12.1. The van der Waals surface area contributed by atoms with Gasteiger partial charge < -0.3 is 59.1 Å². The Labute approximate surface area is 217 Å². The first kappa shape index (κ1) is 26.8. The van der Waals surface area contributed by atoms with Crippen molar-refractivity contribution in [1.29, 1.82) is 0 Å². The van der Waals surface area contributed by atoms with Crippen molar-refractivity contribution in [2.75, 3.05) is 20.3 Å². The number of phenols is 1. The van der Waals surface area contributed by atoms with Crippen LogP contribution in [0.25, 0.3) is 6.08 Å². The number of rotatable bonds is 8. The lowest BCUT2D eigenvalue weighted by molar-refractivity contribution is -0.344. The second kappa shape index (κ2) is 10.4. The summed E-state index contributed by atoms with van der Waals surface area (Å²) in [7, 11) is 1.41. The number of hydrogen-bond acceptors (Lipinski definition) is 13. The van der Waals surface area contributed by atoms with Crippen LogP contribution in [-0.2, 0) is 28.5 Å². The van der Waals surface area contributed by atoms with Gasteiger partial charge in [-0.1, -0.05) is 6.07 Å². The fourth-order valence-electron chi connectivity index (χ4n) is 5.42. The number of esters is 1. The summed E-state index contributed by atoms with van der Waals surface area (Å²) in [5.74, 6) is -1.64. The van der Waals surface area contributed by atoms with Crippen LogP contribution < -0.4 is 4.74 Å². The van der Waals surface area contributed by atoms with Crippen LogP contribution in [0.3, 0.4) is 0 Å². The summed E-state index contributed by atoms with van der Waals surface area (Å²) < 4.78 is 33.4. The predicted molar refractivity (Wildman–Crippen MR) is 124 cm³/mol. The van der Waals surface area contributed by atoms with Gasteiger partial charge in [-0.05, 0) is 29.8 Å². The van der Waals surface area contributed by atoms with Gasteiger partial charge in [-0.3, -0.25) is 0 Å². The lowest BCUT2D eigenvalue weighted by atomic mass is 9.85. The van der Waals surface area contributed by atoms with Gasteiger partial charge in [-0.25, -0.2) is 4.79 Å². The van der Waals surface area contributed by atoms with Gasteiger partial charge in [0.05, 0.1) is 32.5 Å². The Morgan fingerprint density at radius 1 is 1.13 bits per heavy atom. The number of aromatic hydroxyl groups is 1. The summed E-state index contributed by atoms with van der Waals surface area (Å²) in [5, 5.41) is 59.8. The number of epoxide rings is 1. The third-order valence-electron chi connectivity index (χ3n) is 7.47. The largest absolute Gasteiger partial charge is 0.504 e. The van der Waals surface area contributed by atoms with E-state index in [-0.39, 0.29) is 11.5 Å². The zero-order valence-electron chi connectivity index (χ0n) is 20.3. The van der Waals surface area contributed by atoms with Gasteiger partial charge in [-0.2, -0.15) is 0 Å². The van der Waals surface area contributed by atoms with Crippen molar-refractivity contribution in [3.8, 4) is 11.5 Å². The molecule has 1 aliphatic carbocycles. The Morgan fingerprint density at radius 3 is 2.63 bits per heavy atom. The topological polar surface area (TPSA) is 197 Å². The Morgan fingerprint density at radius 2 is 1.92 bits per heavy atom. The number of aliphatic hydroxyl groups excluding tert-OH is 5. The van der Waals surface area contributed by atoms with Gasteiger partial charge in [0.2, 0.25) is 6.29 Å². The average molecular weight is 539 g/mol. The molecule has 5 rings (SSSR count). The van der Waals surface area contributed by atoms with Crippen molar-refractivity contribution in [2.24, 2.45) is 11.8 Å². The molecule has 4 aliphatic rings. The number of carbonyl (C=O) groups is 1.